The van der Waals surface area contributed by atoms with E-state index in [1.54, 1.807) is 6.20 Å². The fourth-order valence-electron chi connectivity index (χ4n) is 1.40. The lowest BCUT2D eigenvalue weighted by molar-refractivity contribution is 1.27. The number of para-hydroxylation sites is 1. The summed E-state index contributed by atoms with van der Waals surface area (Å²) in [6.45, 7) is 1.95. The number of nitrogens with zero attached hydrogens (tertiary/aromatic N) is 2. The molecule has 4 heteroatoms. The number of rotatable bonds is 2. The maximum atomic E-state index is 4.59. The van der Waals surface area contributed by atoms with Crippen molar-refractivity contribution in [1.29, 1.82) is 0 Å². The third-order valence-electron chi connectivity index (χ3n) is 2.25. The fraction of sp³-hybridized carbons (Fsp3) is 0.0769. The van der Waals surface area contributed by atoms with Gasteiger partial charge in [0, 0.05) is 15.1 Å². The second-order valence-corrected chi connectivity index (χ2v) is 5.19. The first-order valence-electron chi connectivity index (χ1n) is 5.09. The first-order valence-corrected chi connectivity index (χ1v) is 6.68. The Labute approximate surface area is 117 Å². The monoisotopic (exact) mass is 352 g/mol. The molecular formula is C13H10Br2N2. The van der Waals surface area contributed by atoms with Gasteiger partial charge >= 0.3 is 0 Å². The summed E-state index contributed by atoms with van der Waals surface area (Å²) in [4.78, 5) is 8.86. The van der Waals surface area contributed by atoms with E-state index in [1.807, 2.05) is 43.3 Å². The third-order valence-corrected chi connectivity index (χ3v) is 3.53. The summed E-state index contributed by atoms with van der Waals surface area (Å²) in [5.41, 5.74) is 2.66. The van der Waals surface area contributed by atoms with E-state index in [9.17, 15) is 0 Å². The van der Waals surface area contributed by atoms with Crippen molar-refractivity contribution < 1.29 is 0 Å². The van der Waals surface area contributed by atoms with Gasteiger partial charge in [-0.1, -0.05) is 12.1 Å². The Bertz CT molecular complexity index is 530. The van der Waals surface area contributed by atoms with Gasteiger partial charge in [-0.3, -0.25) is 4.98 Å². The van der Waals surface area contributed by atoms with Crippen LogP contribution in [0.5, 0.6) is 0 Å². The van der Waals surface area contributed by atoms with Crippen LogP contribution in [0.1, 0.15) is 12.6 Å². The molecule has 17 heavy (non-hydrogen) atoms. The molecule has 1 heterocycles. The van der Waals surface area contributed by atoms with Gasteiger partial charge in [0.15, 0.2) is 0 Å². The number of pyridine rings is 1. The number of benzene rings is 1. The third kappa shape index (κ3) is 3.01. The number of hydrogen-bond acceptors (Lipinski definition) is 2. The van der Waals surface area contributed by atoms with Crippen molar-refractivity contribution in [1.82, 2.24) is 4.98 Å². The average molecular weight is 354 g/mol. The largest absolute Gasteiger partial charge is 0.255 e. The van der Waals surface area contributed by atoms with E-state index in [4.69, 9.17) is 0 Å². The highest BCUT2D eigenvalue weighted by Crippen LogP contribution is 2.33. The van der Waals surface area contributed by atoms with Crippen LogP contribution in [-0.4, -0.2) is 10.7 Å². The van der Waals surface area contributed by atoms with Gasteiger partial charge in [0.1, 0.15) is 0 Å². The summed E-state index contributed by atoms with van der Waals surface area (Å²) in [5, 5.41) is 0. The number of hydrogen-bond donors (Lipinski definition) is 0. The molecule has 0 N–H and O–H groups in total. The highest BCUT2D eigenvalue weighted by molar-refractivity contribution is 9.11. The molecule has 0 aliphatic rings. The maximum absolute atomic E-state index is 4.59. The average Bonchev–Trinajstić information content (AvgIpc) is 2.35. The van der Waals surface area contributed by atoms with E-state index in [0.29, 0.717) is 0 Å². The van der Waals surface area contributed by atoms with Crippen molar-refractivity contribution in [2.75, 3.05) is 0 Å². The molecule has 0 aliphatic heterocycles. The van der Waals surface area contributed by atoms with Crippen molar-refractivity contribution in [2.24, 2.45) is 4.99 Å². The first-order chi connectivity index (χ1) is 8.18. The minimum Gasteiger partial charge on any atom is -0.255 e. The van der Waals surface area contributed by atoms with Gasteiger partial charge in [-0.25, -0.2) is 4.99 Å². The van der Waals surface area contributed by atoms with Crippen LogP contribution in [0.4, 0.5) is 5.69 Å². The standard InChI is InChI=1S/C13H10Br2N2/c1-9(12-7-2-3-8-16-12)17-13-10(14)5-4-6-11(13)15/h2-8H,1H3. The zero-order chi connectivity index (χ0) is 12.3. The zero-order valence-electron chi connectivity index (χ0n) is 9.19. The SMILES string of the molecule is CC(=Nc1c(Br)cccc1Br)c1ccccn1. The molecule has 0 spiro atoms. The van der Waals surface area contributed by atoms with Crippen LogP contribution in [0.15, 0.2) is 56.5 Å². The normalized spacial score (nSPS) is 11.6. The Hall–Kier alpha value is -1.00. The molecule has 0 unspecified atom stereocenters. The molecule has 0 atom stereocenters. The quantitative estimate of drug-likeness (QED) is 0.715. The smallest absolute Gasteiger partial charge is 0.0917 e. The van der Waals surface area contributed by atoms with Crippen LogP contribution in [0.25, 0.3) is 0 Å². The highest BCUT2D eigenvalue weighted by Gasteiger charge is 2.05. The molecule has 2 aromatic rings. The Kier molecular flexibility index (Phi) is 4.07. The predicted octanol–water partition coefficient (Wildman–Crippen LogP) is 4.75. The number of halogens is 2. The highest BCUT2D eigenvalue weighted by atomic mass is 79.9. The minimum absolute atomic E-state index is 0.884. The van der Waals surface area contributed by atoms with Crippen LogP contribution in [-0.2, 0) is 0 Å². The van der Waals surface area contributed by atoms with E-state index < -0.39 is 0 Å². The molecular weight excluding hydrogens is 344 g/mol. The van der Waals surface area contributed by atoms with Gasteiger partial charge in [-0.15, -0.1) is 0 Å². The lowest BCUT2D eigenvalue weighted by Gasteiger charge is -2.04. The summed E-state index contributed by atoms with van der Waals surface area (Å²) in [6.07, 6.45) is 1.77. The topological polar surface area (TPSA) is 25.2 Å². The van der Waals surface area contributed by atoms with E-state index in [-0.39, 0.29) is 0 Å². The summed E-state index contributed by atoms with van der Waals surface area (Å²) in [7, 11) is 0. The van der Waals surface area contributed by atoms with E-state index in [2.05, 4.69) is 41.8 Å². The van der Waals surface area contributed by atoms with Crippen molar-refractivity contribution in [2.45, 2.75) is 6.92 Å². The van der Waals surface area contributed by atoms with E-state index in [0.717, 1.165) is 26.0 Å². The fourth-order valence-corrected chi connectivity index (χ4v) is 2.57. The molecule has 2 nitrogen and oxygen atoms in total. The molecule has 0 saturated heterocycles. The molecule has 2 rings (SSSR count). The van der Waals surface area contributed by atoms with Gasteiger partial charge < -0.3 is 0 Å². The second-order valence-electron chi connectivity index (χ2n) is 3.48. The molecule has 86 valence electrons. The van der Waals surface area contributed by atoms with Gasteiger partial charge in [-0.05, 0) is 63.0 Å². The van der Waals surface area contributed by atoms with Crippen molar-refractivity contribution in [3.8, 4) is 0 Å². The number of aliphatic imine (C=N–C) groups is 1. The minimum atomic E-state index is 0.884. The second kappa shape index (κ2) is 5.56. The van der Waals surface area contributed by atoms with Crippen molar-refractivity contribution >= 4 is 43.3 Å². The van der Waals surface area contributed by atoms with Crippen LogP contribution >= 0.6 is 31.9 Å². The van der Waals surface area contributed by atoms with E-state index >= 15 is 0 Å². The maximum Gasteiger partial charge on any atom is 0.0917 e. The molecule has 0 aliphatic carbocycles. The molecule has 0 radical (unpaired) electrons. The van der Waals surface area contributed by atoms with Crippen LogP contribution in [0.3, 0.4) is 0 Å². The van der Waals surface area contributed by atoms with Gasteiger partial charge in [0.05, 0.1) is 17.1 Å². The summed E-state index contributed by atoms with van der Waals surface area (Å²) < 4.78 is 1.92. The summed E-state index contributed by atoms with van der Waals surface area (Å²) >= 11 is 6.98. The molecule has 0 amide bonds. The van der Waals surface area contributed by atoms with Gasteiger partial charge in [0.25, 0.3) is 0 Å². The Morgan fingerprint density at radius 2 is 1.76 bits per heavy atom. The zero-order valence-corrected chi connectivity index (χ0v) is 12.4. The lowest BCUT2D eigenvalue weighted by Crippen LogP contribution is -1.96. The predicted molar refractivity (Wildman–Crippen MR) is 78.0 cm³/mol. The summed E-state index contributed by atoms with van der Waals surface area (Å²) in [5.74, 6) is 0. The molecule has 1 aromatic carbocycles. The van der Waals surface area contributed by atoms with Crippen molar-refractivity contribution in [3.63, 3.8) is 0 Å². The Morgan fingerprint density at radius 1 is 1.06 bits per heavy atom. The van der Waals surface area contributed by atoms with Crippen LogP contribution in [0, 0.1) is 0 Å². The molecule has 0 fully saturated rings. The van der Waals surface area contributed by atoms with Gasteiger partial charge in [-0.2, -0.15) is 0 Å². The Balaban J connectivity index is 2.43. The van der Waals surface area contributed by atoms with Crippen LogP contribution < -0.4 is 0 Å². The Morgan fingerprint density at radius 3 is 2.35 bits per heavy atom. The number of aromatic nitrogens is 1. The van der Waals surface area contributed by atoms with Crippen molar-refractivity contribution in [3.05, 3.63) is 57.2 Å². The molecule has 0 saturated carbocycles. The van der Waals surface area contributed by atoms with Gasteiger partial charge in [0.2, 0.25) is 0 Å². The molecule has 1 aromatic heterocycles. The lowest BCUT2D eigenvalue weighted by atomic mass is 10.2. The first kappa shape index (κ1) is 12.5. The molecule has 0 bridgehead atoms. The summed E-state index contributed by atoms with van der Waals surface area (Å²) in [6, 6.07) is 11.7. The van der Waals surface area contributed by atoms with Crippen LogP contribution in [0.2, 0.25) is 0 Å². The van der Waals surface area contributed by atoms with E-state index in [1.165, 1.54) is 0 Å².